The highest BCUT2D eigenvalue weighted by molar-refractivity contribution is 5.91. The minimum atomic E-state index is -0.263. The van der Waals surface area contributed by atoms with E-state index < -0.39 is 0 Å². The van der Waals surface area contributed by atoms with Crippen molar-refractivity contribution in [2.75, 3.05) is 11.9 Å². The quantitative estimate of drug-likeness (QED) is 0.809. The molecule has 2 aromatic carbocycles. The average Bonchev–Trinajstić information content (AvgIpc) is 2.53. The number of carbonyl (C=O) groups is 1. The fourth-order valence-electron chi connectivity index (χ4n) is 2.50. The smallest absolute Gasteiger partial charge is 0.224 e. The maximum atomic E-state index is 13.7. The first-order valence-electron chi connectivity index (χ1n) is 7.94. The minimum Gasteiger partial charge on any atom is -0.326 e. The molecule has 0 aliphatic carbocycles. The zero-order valence-corrected chi connectivity index (χ0v) is 13.6. The molecule has 1 unspecified atom stereocenters. The molecule has 0 saturated heterocycles. The number of nitrogens with one attached hydrogen (secondary N) is 2. The molecule has 23 heavy (non-hydrogen) atoms. The summed E-state index contributed by atoms with van der Waals surface area (Å²) in [5, 5.41) is 6.14. The van der Waals surface area contributed by atoms with E-state index in [1.54, 1.807) is 18.2 Å². The first kappa shape index (κ1) is 17.2. The summed E-state index contributed by atoms with van der Waals surface area (Å²) in [6.45, 7) is 5.58. The second kappa shape index (κ2) is 8.44. The van der Waals surface area contributed by atoms with Gasteiger partial charge < -0.3 is 10.6 Å². The molecule has 3 nitrogen and oxygen atoms in total. The van der Waals surface area contributed by atoms with Crippen LogP contribution in [0.3, 0.4) is 0 Å². The van der Waals surface area contributed by atoms with Crippen molar-refractivity contribution in [3.05, 3.63) is 65.5 Å². The van der Waals surface area contributed by atoms with E-state index in [1.165, 1.54) is 6.07 Å². The van der Waals surface area contributed by atoms with Crippen molar-refractivity contribution in [1.29, 1.82) is 0 Å². The lowest BCUT2D eigenvalue weighted by molar-refractivity contribution is -0.116. The number of hydrogen-bond acceptors (Lipinski definition) is 2. The summed E-state index contributed by atoms with van der Waals surface area (Å²) in [7, 11) is 0. The molecule has 2 rings (SSSR count). The molecule has 0 aromatic heterocycles. The highest BCUT2D eigenvalue weighted by Gasteiger charge is 2.14. The second-order valence-corrected chi connectivity index (χ2v) is 5.66. The normalized spacial score (nSPS) is 12.0. The van der Waals surface area contributed by atoms with Gasteiger partial charge in [0.15, 0.2) is 0 Å². The lowest BCUT2D eigenvalue weighted by Crippen LogP contribution is -2.16. The summed E-state index contributed by atoms with van der Waals surface area (Å²) < 4.78 is 13.7. The standard InChI is InChI=1S/C19H23FN2O/c1-3-21-13-15-7-6-8-16(12-15)22-19(23)11-14(2)17-9-4-5-10-18(17)20/h4-10,12,14,21H,3,11,13H2,1-2H3,(H,22,23). The van der Waals surface area contributed by atoms with Gasteiger partial charge in [0, 0.05) is 18.7 Å². The summed E-state index contributed by atoms with van der Waals surface area (Å²) in [5.41, 5.74) is 2.46. The van der Waals surface area contributed by atoms with Gasteiger partial charge in [-0.2, -0.15) is 0 Å². The van der Waals surface area contributed by atoms with Crippen LogP contribution in [0, 0.1) is 5.82 Å². The predicted molar refractivity (Wildman–Crippen MR) is 91.9 cm³/mol. The van der Waals surface area contributed by atoms with Crippen LogP contribution in [0.2, 0.25) is 0 Å². The molecule has 4 heteroatoms. The summed E-state index contributed by atoms with van der Waals surface area (Å²) >= 11 is 0. The molecule has 0 radical (unpaired) electrons. The van der Waals surface area contributed by atoms with Crippen molar-refractivity contribution in [1.82, 2.24) is 5.32 Å². The molecule has 0 saturated carbocycles. The number of rotatable bonds is 7. The van der Waals surface area contributed by atoms with Gasteiger partial charge in [-0.3, -0.25) is 4.79 Å². The van der Waals surface area contributed by atoms with E-state index in [4.69, 9.17) is 0 Å². The van der Waals surface area contributed by atoms with E-state index in [9.17, 15) is 9.18 Å². The Morgan fingerprint density at radius 2 is 1.96 bits per heavy atom. The minimum absolute atomic E-state index is 0.110. The third-order valence-corrected chi connectivity index (χ3v) is 3.72. The Kier molecular flexibility index (Phi) is 6.29. The van der Waals surface area contributed by atoms with Crippen LogP contribution in [0.25, 0.3) is 0 Å². The van der Waals surface area contributed by atoms with Gasteiger partial charge in [0.2, 0.25) is 5.91 Å². The fraction of sp³-hybridized carbons (Fsp3) is 0.316. The summed E-state index contributed by atoms with van der Waals surface area (Å²) in [6, 6.07) is 14.3. The van der Waals surface area contributed by atoms with Gasteiger partial charge in [0.05, 0.1) is 0 Å². The number of benzene rings is 2. The molecule has 122 valence electrons. The van der Waals surface area contributed by atoms with E-state index in [0.717, 1.165) is 24.3 Å². The van der Waals surface area contributed by atoms with Crippen LogP contribution in [-0.4, -0.2) is 12.5 Å². The van der Waals surface area contributed by atoms with E-state index in [1.807, 2.05) is 31.2 Å². The van der Waals surface area contributed by atoms with Crippen molar-refractivity contribution in [3.63, 3.8) is 0 Å². The van der Waals surface area contributed by atoms with Gasteiger partial charge in [-0.25, -0.2) is 4.39 Å². The summed E-state index contributed by atoms with van der Waals surface area (Å²) in [5.74, 6) is -0.539. The number of amides is 1. The number of anilines is 1. The molecule has 0 fully saturated rings. The van der Waals surface area contributed by atoms with Crippen molar-refractivity contribution in [2.45, 2.75) is 32.7 Å². The Balaban J connectivity index is 1.95. The predicted octanol–water partition coefficient (Wildman–Crippen LogP) is 4.07. The molecule has 2 aromatic rings. The molecular weight excluding hydrogens is 291 g/mol. The van der Waals surface area contributed by atoms with Crippen molar-refractivity contribution in [2.24, 2.45) is 0 Å². The van der Waals surface area contributed by atoms with Crippen LogP contribution in [-0.2, 0) is 11.3 Å². The van der Waals surface area contributed by atoms with E-state index in [-0.39, 0.29) is 24.1 Å². The third-order valence-electron chi connectivity index (χ3n) is 3.72. The molecule has 0 aliphatic rings. The monoisotopic (exact) mass is 314 g/mol. The Morgan fingerprint density at radius 1 is 1.17 bits per heavy atom. The molecule has 0 spiro atoms. The molecule has 2 N–H and O–H groups in total. The zero-order chi connectivity index (χ0) is 16.7. The Bertz CT molecular complexity index is 657. The van der Waals surface area contributed by atoms with Crippen LogP contribution in [0.1, 0.15) is 37.3 Å². The summed E-state index contributed by atoms with van der Waals surface area (Å²) in [4.78, 5) is 12.2. The van der Waals surface area contributed by atoms with Crippen molar-refractivity contribution < 1.29 is 9.18 Å². The third kappa shape index (κ3) is 5.18. The molecule has 1 amide bonds. The number of hydrogen-bond donors (Lipinski definition) is 2. The largest absolute Gasteiger partial charge is 0.326 e. The number of carbonyl (C=O) groups excluding carboxylic acids is 1. The van der Waals surface area contributed by atoms with E-state index >= 15 is 0 Å². The Hall–Kier alpha value is -2.20. The molecule has 0 heterocycles. The fourth-order valence-corrected chi connectivity index (χ4v) is 2.50. The summed E-state index contributed by atoms with van der Waals surface area (Å²) in [6.07, 6.45) is 0.248. The molecule has 0 aliphatic heterocycles. The second-order valence-electron chi connectivity index (χ2n) is 5.66. The molecule has 0 bridgehead atoms. The van der Waals surface area contributed by atoms with Gasteiger partial charge in [-0.05, 0) is 41.8 Å². The Morgan fingerprint density at radius 3 is 2.70 bits per heavy atom. The number of halogens is 1. The molecule has 1 atom stereocenters. The first-order chi connectivity index (χ1) is 11.1. The van der Waals surface area contributed by atoms with Crippen LogP contribution >= 0.6 is 0 Å². The van der Waals surface area contributed by atoms with Crippen LogP contribution in [0.4, 0.5) is 10.1 Å². The van der Waals surface area contributed by atoms with Crippen molar-refractivity contribution >= 4 is 11.6 Å². The average molecular weight is 314 g/mol. The van der Waals surface area contributed by atoms with Gasteiger partial charge in [0.25, 0.3) is 0 Å². The zero-order valence-electron chi connectivity index (χ0n) is 13.6. The molecular formula is C19H23FN2O. The topological polar surface area (TPSA) is 41.1 Å². The van der Waals surface area contributed by atoms with Gasteiger partial charge >= 0.3 is 0 Å². The lowest BCUT2D eigenvalue weighted by atomic mass is 9.97. The van der Waals surface area contributed by atoms with Crippen LogP contribution < -0.4 is 10.6 Å². The Labute approximate surface area is 136 Å². The highest BCUT2D eigenvalue weighted by atomic mass is 19.1. The van der Waals surface area contributed by atoms with Crippen LogP contribution in [0.5, 0.6) is 0 Å². The van der Waals surface area contributed by atoms with Gasteiger partial charge in [0.1, 0.15) is 5.82 Å². The van der Waals surface area contributed by atoms with E-state index in [2.05, 4.69) is 17.6 Å². The lowest BCUT2D eigenvalue weighted by Gasteiger charge is -2.13. The van der Waals surface area contributed by atoms with Crippen molar-refractivity contribution in [3.8, 4) is 0 Å². The van der Waals surface area contributed by atoms with Gasteiger partial charge in [-0.1, -0.05) is 44.2 Å². The SMILES string of the molecule is CCNCc1cccc(NC(=O)CC(C)c2ccccc2F)c1. The van der Waals surface area contributed by atoms with E-state index in [0.29, 0.717) is 5.56 Å². The first-order valence-corrected chi connectivity index (χ1v) is 7.94. The maximum absolute atomic E-state index is 13.7. The van der Waals surface area contributed by atoms with Crippen LogP contribution in [0.15, 0.2) is 48.5 Å². The van der Waals surface area contributed by atoms with Gasteiger partial charge in [-0.15, -0.1) is 0 Å². The highest BCUT2D eigenvalue weighted by Crippen LogP contribution is 2.22. The maximum Gasteiger partial charge on any atom is 0.224 e.